The van der Waals surface area contributed by atoms with Crippen molar-refractivity contribution in [3.63, 3.8) is 0 Å². The fourth-order valence-corrected chi connectivity index (χ4v) is 3.23. The molecule has 2 fully saturated rings. The van der Waals surface area contributed by atoms with Gasteiger partial charge in [0, 0.05) is 39.3 Å². The molecule has 0 saturated carbocycles. The van der Waals surface area contributed by atoms with Crippen LogP contribution in [0.1, 0.15) is 18.4 Å². The molecule has 1 aromatic carbocycles. The van der Waals surface area contributed by atoms with Gasteiger partial charge in [-0.25, -0.2) is 9.18 Å². The van der Waals surface area contributed by atoms with Gasteiger partial charge in [0.2, 0.25) is 0 Å². The van der Waals surface area contributed by atoms with Crippen molar-refractivity contribution in [2.45, 2.75) is 19.8 Å². The molecule has 2 heterocycles. The van der Waals surface area contributed by atoms with Crippen LogP contribution < -0.4 is 5.32 Å². The first-order chi connectivity index (χ1) is 12.5. The number of urea groups is 1. The van der Waals surface area contributed by atoms with Crippen molar-refractivity contribution in [3.05, 3.63) is 29.6 Å². The van der Waals surface area contributed by atoms with E-state index in [-0.39, 0.29) is 5.69 Å². The maximum Gasteiger partial charge on any atom is 0.322 e. The van der Waals surface area contributed by atoms with Gasteiger partial charge in [-0.05, 0) is 37.5 Å². The van der Waals surface area contributed by atoms with Crippen molar-refractivity contribution < 1.29 is 18.8 Å². The molecule has 0 aromatic heterocycles. The van der Waals surface area contributed by atoms with E-state index >= 15 is 0 Å². The number of amides is 4. The summed E-state index contributed by atoms with van der Waals surface area (Å²) in [6.45, 7) is 4.28. The summed E-state index contributed by atoms with van der Waals surface area (Å²) in [6, 6.07) is 4.10. The van der Waals surface area contributed by atoms with Crippen LogP contribution in [0.15, 0.2) is 18.2 Å². The van der Waals surface area contributed by atoms with Gasteiger partial charge in [0.25, 0.3) is 0 Å². The van der Waals surface area contributed by atoms with E-state index in [2.05, 4.69) is 5.32 Å². The second-order valence-electron chi connectivity index (χ2n) is 6.69. The summed E-state index contributed by atoms with van der Waals surface area (Å²) >= 11 is 0. The zero-order valence-electron chi connectivity index (χ0n) is 14.8. The number of nitrogens with one attached hydrogen (secondary N) is 1. The molecular weight excluding hydrogens is 339 g/mol. The molecule has 0 radical (unpaired) electrons. The first-order valence-electron chi connectivity index (χ1n) is 8.86. The third-order valence-electron chi connectivity index (χ3n) is 4.79. The van der Waals surface area contributed by atoms with Crippen LogP contribution in [-0.4, -0.2) is 71.8 Å². The van der Waals surface area contributed by atoms with Crippen LogP contribution >= 0.6 is 0 Å². The van der Waals surface area contributed by atoms with Gasteiger partial charge >= 0.3 is 17.8 Å². The predicted molar refractivity (Wildman–Crippen MR) is 94.1 cm³/mol. The molecule has 0 spiro atoms. The van der Waals surface area contributed by atoms with Crippen LogP contribution in [-0.2, 0) is 9.59 Å². The van der Waals surface area contributed by atoms with Crippen molar-refractivity contribution >= 4 is 23.5 Å². The fraction of sp³-hybridized carbons (Fsp3) is 0.500. The number of likely N-dealkylation sites (tertiary alicyclic amines) is 1. The number of halogens is 1. The van der Waals surface area contributed by atoms with Gasteiger partial charge in [0.05, 0.1) is 5.69 Å². The van der Waals surface area contributed by atoms with Crippen molar-refractivity contribution in [1.29, 1.82) is 0 Å². The number of rotatable bonds is 1. The topological polar surface area (TPSA) is 73.0 Å². The molecule has 0 atom stereocenters. The number of piperazine rings is 1. The highest BCUT2D eigenvalue weighted by atomic mass is 19.1. The second kappa shape index (κ2) is 7.72. The van der Waals surface area contributed by atoms with E-state index in [0.29, 0.717) is 39.3 Å². The Balaban J connectivity index is 1.52. The number of benzene rings is 1. The van der Waals surface area contributed by atoms with E-state index in [9.17, 15) is 18.8 Å². The molecule has 8 heteroatoms. The molecule has 2 saturated heterocycles. The number of nitrogens with zero attached hydrogens (tertiary/aromatic N) is 3. The van der Waals surface area contributed by atoms with Gasteiger partial charge in [0.15, 0.2) is 0 Å². The number of hydrogen-bond acceptors (Lipinski definition) is 3. The van der Waals surface area contributed by atoms with Crippen molar-refractivity contribution in [1.82, 2.24) is 14.7 Å². The first kappa shape index (κ1) is 18.2. The monoisotopic (exact) mass is 362 g/mol. The number of hydrogen-bond donors (Lipinski definition) is 1. The van der Waals surface area contributed by atoms with Gasteiger partial charge in [-0.15, -0.1) is 0 Å². The minimum atomic E-state index is -0.503. The van der Waals surface area contributed by atoms with Gasteiger partial charge in [-0.1, -0.05) is 6.07 Å². The van der Waals surface area contributed by atoms with Crippen LogP contribution in [0, 0.1) is 12.7 Å². The lowest BCUT2D eigenvalue weighted by atomic mass is 10.2. The van der Waals surface area contributed by atoms with E-state index in [1.165, 1.54) is 15.9 Å². The summed E-state index contributed by atoms with van der Waals surface area (Å²) in [5, 5.41) is 2.57. The molecule has 3 rings (SSSR count). The fourth-order valence-electron chi connectivity index (χ4n) is 3.23. The van der Waals surface area contributed by atoms with Crippen LogP contribution in [0.25, 0.3) is 0 Å². The predicted octanol–water partition coefficient (Wildman–Crippen LogP) is 1.43. The Labute approximate surface area is 151 Å². The molecular formula is C18H23FN4O3. The van der Waals surface area contributed by atoms with E-state index in [1.54, 1.807) is 17.0 Å². The van der Waals surface area contributed by atoms with E-state index < -0.39 is 23.7 Å². The first-order valence-corrected chi connectivity index (χ1v) is 8.86. The molecule has 140 valence electrons. The highest BCUT2D eigenvalue weighted by molar-refractivity contribution is 6.35. The quantitative estimate of drug-likeness (QED) is 0.768. The van der Waals surface area contributed by atoms with Crippen molar-refractivity contribution in [2.24, 2.45) is 0 Å². The second-order valence-corrected chi connectivity index (χ2v) is 6.69. The Morgan fingerprint density at radius 3 is 2.04 bits per heavy atom. The summed E-state index contributed by atoms with van der Waals surface area (Å²) in [4.78, 5) is 41.4. The smallest absolute Gasteiger partial charge is 0.322 e. The van der Waals surface area contributed by atoms with Crippen LogP contribution in [0.3, 0.4) is 0 Å². The van der Waals surface area contributed by atoms with Crippen LogP contribution in [0.2, 0.25) is 0 Å². The molecule has 1 N–H and O–H groups in total. The SMILES string of the molecule is Cc1ccc(F)c(NC(=O)N2CCN(C(=O)C(=O)N3CCCC3)CC2)c1. The standard InChI is InChI=1S/C18H23FN4O3/c1-13-4-5-14(19)15(12-13)20-18(26)23-10-8-22(9-11-23)17(25)16(24)21-6-2-3-7-21/h4-5,12H,2-3,6-11H2,1H3,(H,20,26). The highest BCUT2D eigenvalue weighted by Gasteiger charge is 2.31. The Morgan fingerprint density at radius 2 is 1.42 bits per heavy atom. The molecule has 0 bridgehead atoms. The molecule has 2 aliphatic heterocycles. The maximum absolute atomic E-state index is 13.8. The molecule has 4 amide bonds. The minimum Gasteiger partial charge on any atom is -0.334 e. The summed E-state index contributed by atoms with van der Waals surface area (Å²) < 4.78 is 13.8. The van der Waals surface area contributed by atoms with Crippen molar-refractivity contribution in [3.8, 4) is 0 Å². The lowest BCUT2D eigenvalue weighted by molar-refractivity contribution is -0.152. The molecule has 7 nitrogen and oxygen atoms in total. The Bertz CT molecular complexity index is 710. The van der Waals surface area contributed by atoms with Gasteiger partial charge in [-0.2, -0.15) is 0 Å². The lowest BCUT2D eigenvalue weighted by Gasteiger charge is -2.35. The molecule has 26 heavy (non-hydrogen) atoms. The average Bonchev–Trinajstić information content (AvgIpc) is 3.18. The largest absolute Gasteiger partial charge is 0.334 e. The average molecular weight is 362 g/mol. The summed E-state index contributed by atoms with van der Waals surface area (Å²) in [6.07, 6.45) is 1.87. The number of carbonyl (C=O) groups is 3. The minimum absolute atomic E-state index is 0.137. The highest BCUT2D eigenvalue weighted by Crippen LogP contribution is 2.17. The lowest BCUT2D eigenvalue weighted by Crippen LogP contribution is -2.54. The molecule has 0 aliphatic carbocycles. The summed E-state index contributed by atoms with van der Waals surface area (Å²) in [5.41, 5.74) is 0.982. The van der Waals surface area contributed by atoms with Crippen LogP contribution in [0.4, 0.5) is 14.9 Å². The van der Waals surface area contributed by atoms with E-state index in [4.69, 9.17) is 0 Å². The zero-order chi connectivity index (χ0) is 18.7. The zero-order valence-corrected chi connectivity index (χ0v) is 14.8. The van der Waals surface area contributed by atoms with Gasteiger partial charge in [-0.3, -0.25) is 9.59 Å². The summed E-state index contributed by atoms with van der Waals surface area (Å²) in [5.74, 6) is -1.45. The molecule has 0 unspecified atom stereocenters. The maximum atomic E-state index is 13.8. The van der Waals surface area contributed by atoms with Gasteiger partial charge in [0.1, 0.15) is 5.82 Å². The summed E-state index contributed by atoms with van der Waals surface area (Å²) in [7, 11) is 0. The van der Waals surface area contributed by atoms with E-state index in [0.717, 1.165) is 18.4 Å². The van der Waals surface area contributed by atoms with Crippen LogP contribution in [0.5, 0.6) is 0 Å². The third-order valence-corrected chi connectivity index (χ3v) is 4.79. The third kappa shape index (κ3) is 3.95. The van der Waals surface area contributed by atoms with Gasteiger partial charge < -0.3 is 20.0 Å². The van der Waals surface area contributed by atoms with Crippen molar-refractivity contribution in [2.75, 3.05) is 44.6 Å². The molecule has 2 aliphatic rings. The number of aryl methyl sites for hydroxylation is 1. The Hall–Kier alpha value is -2.64. The Morgan fingerprint density at radius 1 is 0.885 bits per heavy atom. The Kier molecular flexibility index (Phi) is 5.39. The number of carbonyl (C=O) groups excluding carboxylic acids is 3. The normalized spacial score (nSPS) is 17.4. The molecule has 1 aromatic rings. The van der Waals surface area contributed by atoms with E-state index in [1.807, 2.05) is 6.92 Å². The number of anilines is 1.